The second-order valence-electron chi connectivity index (χ2n) is 2.47. The van der Waals surface area contributed by atoms with Gasteiger partial charge in [0.1, 0.15) is 0 Å². The van der Waals surface area contributed by atoms with Crippen molar-refractivity contribution in [1.29, 1.82) is 0 Å². The quantitative estimate of drug-likeness (QED) is 0.500. The summed E-state index contributed by atoms with van der Waals surface area (Å²) in [6.07, 6.45) is 1.74. The number of rotatable bonds is 5. The lowest BCUT2D eigenvalue weighted by Gasteiger charge is -2.09. The van der Waals surface area contributed by atoms with Crippen LogP contribution in [0.25, 0.3) is 0 Å². The summed E-state index contributed by atoms with van der Waals surface area (Å²) >= 11 is 0. The molecule has 5 heteroatoms. The van der Waals surface area contributed by atoms with Crippen LogP contribution >= 0.6 is 0 Å². The molecule has 0 aliphatic heterocycles. The zero-order chi connectivity index (χ0) is 11.0. The van der Waals surface area contributed by atoms with Crippen LogP contribution in [-0.2, 0) is 19.1 Å². The number of hydrogen-bond acceptors (Lipinski definition) is 5. The number of hydrogen-bond donors (Lipinski definition) is 1. The van der Waals surface area contributed by atoms with Crippen molar-refractivity contribution in [3.63, 3.8) is 0 Å². The van der Waals surface area contributed by atoms with Crippen LogP contribution < -0.4 is 5.73 Å². The van der Waals surface area contributed by atoms with Gasteiger partial charge >= 0.3 is 11.9 Å². The van der Waals surface area contributed by atoms with Crippen molar-refractivity contribution < 1.29 is 19.1 Å². The summed E-state index contributed by atoms with van der Waals surface area (Å²) in [7, 11) is 0. The van der Waals surface area contributed by atoms with Gasteiger partial charge in [-0.05, 0) is 13.8 Å². The summed E-state index contributed by atoms with van der Waals surface area (Å²) in [4.78, 5) is 22.0. The number of carbonyl (C=O) groups is 2. The molecule has 0 rings (SSSR count). The Labute approximate surface area is 82.9 Å². The standard InChI is InChI=1S/C9H15NO4/c1-3-13-9(12)7(2)14-8(11)5-4-6-10/h4-5,7H,3,6,10H2,1-2H3/b5-4+/t7-/m1/s1. The highest BCUT2D eigenvalue weighted by molar-refractivity contribution is 5.85. The van der Waals surface area contributed by atoms with Gasteiger partial charge in [0, 0.05) is 12.6 Å². The molecule has 0 aromatic carbocycles. The minimum absolute atomic E-state index is 0.253. The van der Waals surface area contributed by atoms with Crippen molar-refractivity contribution in [2.45, 2.75) is 20.0 Å². The Hall–Kier alpha value is -1.36. The van der Waals surface area contributed by atoms with Crippen molar-refractivity contribution >= 4 is 11.9 Å². The van der Waals surface area contributed by atoms with E-state index in [0.29, 0.717) is 0 Å². The predicted octanol–water partition coefficient (Wildman–Crippen LogP) is -0.00390. The Morgan fingerprint density at radius 2 is 2.14 bits per heavy atom. The molecule has 0 aromatic rings. The smallest absolute Gasteiger partial charge is 0.347 e. The van der Waals surface area contributed by atoms with Gasteiger partial charge in [0.2, 0.25) is 0 Å². The van der Waals surface area contributed by atoms with Crippen LogP contribution in [0.1, 0.15) is 13.8 Å². The summed E-state index contributed by atoms with van der Waals surface area (Å²) in [5.74, 6) is -1.15. The van der Waals surface area contributed by atoms with Crippen LogP contribution in [0.3, 0.4) is 0 Å². The third-order valence-electron chi connectivity index (χ3n) is 1.30. The fourth-order valence-corrected chi connectivity index (χ4v) is 0.686. The van der Waals surface area contributed by atoms with Crippen LogP contribution in [0, 0.1) is 0 Å². The van der Waals surface area contributed by atoms with E-state index in [1.165, 1.54) is 19.1 Å². The van der Waals surface area contributed by atoms with E-state index in [4.69, 9.17) is 10.5 Å². The van der Waals surface area contributed by atoms with Crippen LogP contribution in [0.2, 0.25) is 0 Å². The second-order valence-corrected chi connectivity index (χ2v) is 2.47. The molecule has 0 radical (unpaired) electrons. The molecule has 5 nitrogen and oxygen atoms in total. The van der Waals surface area contributed by atoms with Crippen LogP contribution in [-0.4, -0.2) is 31.2 Å². The van der Waals surface area contributed by atoms with E-state index in [-0.39, 0.29) is 13.2 Å². The second kappa shape index (κ2) is 7.08. The Morgan fingerprint density at radius 1 is 1.50 bits per heavy atom. The summed E-state index contributed by atoms with van der Waals surface area (Å²) in [5.41, 5.74) is 5.13. The van der Waals surface area contributed by atoms with E-state index in [0.717, 1.165) is 0 Å². The Bertz CT molecular complexity index is 225. The molecule has 0 aliphatic rings. The number of ether oxygens (including phenoxy) is 2. The van der Waals surface area contributed by atoms with Crippen LogP contribution in [0.4, 0.5) is 0 Å². The molecule has 0 aromatic heterocycles. The molecule has 0 bridgehead atoms. The van der Waals surface area contributed by atoms with Crippen molar-refractivity contribution in [2.24, 2.45) is 5.73 Å². The normalized spacial score (nSPS) is 12.5. The van der Waals surface area contributed by atoms with E-state index in [9.17, 15) is 9.59 Å². The molecular weight excluding hydrogens is 186 g/mol. The van der Waals surface area contributed by atoms with E-state index < -0.39 is 18.0 Å². The molecular formula is C9H15NO4. The molecule has 0 spiro atoms. The lowest BCUT2D eigenvalue weighted by atomic mass is 10.4. The molecule has 2 N–H and O–H groups in total. The first-order valence-corrected chi connectivity index (χ1v) is 4.35. The molecule has 0 fully saturated rings. The van der Waals surface area contributed by atoms with E-state index >= 15 is 0 Å². The third-order valence-corrected chi connectivity index (χ3v) is 1.30. The van der Waals surface area contributed by atoms with Gasteiger partial charge < -0.3 is 15.2 Å². The molecule has 0 unspecified atom stereocenters. The van der Waals surface area contributed by atoms with Gasteiger partial charge in [-0.1, -0.05) is 6.08 Å². The zero-order valence-corrected chi connectivity index (χ0v) is 8.36. The Balaban J connectivity index is 3.92. The van der Waals surface area contributed by atoms with Crippen molar-refractivity contribution in [2.75, 3.05) is 13.2 Å². The van der Waals surface area contributed by atoms with Gasteiger partial charge in [-0.15, -0.1) is 0 Å². The maximum atomic E-state index is 11.0. The molecule has 0 saturated heterocycles. The van der Waals surface area contributed by atoms with Crippen LogP contribution in [0.15, 0.2) is 12.2 Å². The first-order chi connectivity index (χ1) is 6.61. The molecule has 0 aliphatic carbocycles. The molecule has 0 amide bonds. The minimum Gasteiger partial charge on any atom is -0.463 e. The number of nitrogens with two attached hydrogens (primary N) is 1. The maximum Gasteiger partial charge on any atom is 0.347 e. The highest BCUT2D eigenvalue weighted by atomic mass is 16.6. The van der Waals surface area contributed by atoms with Gasteiger partial charge in [-0.25, -0.2) is 9.59 Å². The lowest BCUT2D eigenvalue weighted by Crippen LogP contribution is -2.25. The predicted molar refractivity (Wildman–Crippen MR) is 50.4 cm³/mol. The van der Waals surface area contributed by atoms with E-state index in [1.54, 1.807) is 6.92 Å². The third kappa shape index (κ3) is 5.31. The topological polar surface area (TPSA) is 78.6 Å². The van der Waals surface area contributed by atoms with Gasteiger partial charge in [-0.3, -0.25) is 0 Å². The maximum absolute atomic E-state index is 11.0. The summed E-state index contributed by atoms with van der Waals surface area (Å²) in [5, 5.41) is 0. The van der Waals surface area contributed by atoms with Gasteiger partial charge in [0.05, 0.1) is 6.61 Å². The number of esters is 2. The SMILES string of the molecule is CCOC(=O)[C@@H](C)OC(=O)/C=C/CN. The average molecular weight is 201 g/mol. The van der Waals surface area contributed by atoms with E-state index in [1.807, 2.05) is 0 Å². The minimum atomic E-state index is -0.884. The van der Waals surface area contributed by atoms with Gasteiger partial charge in [0.15, 0.2) is 6.10 Å². The summed E-state index contributed by atoms with van der Waals surface area (Å²) in [6.45, 7) is 3.65. The van der Waals surface area contributed by atoms with Gasteiger partial charge in [-0.2, -0.15) is 0 Å². The summed E-state index contributed by atoms with van der Waals surface area (Å²) < 4.78 is 9.35. The van der Waals surface area contributed by atoms with Gasteiger partial charge in [0.25, 0.3) is 0 Å². The monoisotopic (exact) mass is 201 g/mol. The highest BCUT2D eigenvalue weighted by Crippen LogP contribution is 1.96. The fraction of sp³-hybridized carbons (Fsp3) is 0.556. The molecule has 0 saturated carbocycles. The van der Waals surface area contributed by atoms with Crippen molar-refractivity contribution in [1.82, 2.24) is 0 Å². The lowest BCUT2D eigenvalue weighted by molar-refractivity contribution is -0.163. The number of carbonyl (C=O) groups excluding carboxylic acids is 2. The first kappa shape index (κ1) is 12.6. The van der Waals surface area contributed by atoms with Crippen molar-refractivity contribution in [3.05, 3.63) is 12.2 Å². The molecule has 14 heavy (non-hydrogen) atoms. The Morgan fingerprint density at radius 3 is 2.64 bits per heavy atom. The average Bonchev–Trinajstić information content (AvgIpc) is 2.15. The zero-order valence-electron chi connectivity index (χ0n) is 8.36. The van der Waals surface area contributed by atoms with E-state index in [2.05, 4.69) is 4.74 Å². The largest absolute Gasteiger partial charge is 0.463 e. The summed E-state index contributed by atoms with van der Waals surface area (Å²) in [6, 6.07) is 0. The van der Waals surface area contributed by atoms with Crippen molar-refractivity contribution in [3.8, 4) is 0 Å². The Kier molecular flexibility index (Phi) is 6.39. The fourth-order valence-electron chi connectivity index (χ4n) is 0.686. The first-order valence-electron chi connectivity index (χ1n) is 4.35. The molecule has 1 atom stereocenters. The van der Waals surface area contributed by atoms with Crippen LogP contribution in [0.5, 0.6) is 0 Å². The molecule has 0 heterocycles. The molecule has 80 valence electrons. The highest BCUT2D eigenvalue weighted by Gasteiger charge is 2.16.